The van der Waals surface area contributed by atoms with E-state index in [0.29, 0.717) is 63.2 Å². The molecule has 0 atom stereocenters. The largest absolute Gasteiger partial charge is 0.492 e. The van der Waals surface area contributed by atoms with Crippen molar-refractivity contribution in [2.75, 3.05) is 57.9 Å². The molecule has 2 aromatic carbocycles. The molecular formula is C30H38N4O5. The minimum atomic E-state index is -0.350. The van der Waals surface area contributed by atoms with Crippen LogP contribution in [0.1, 0.15) is 24.0 Å². The van der Waals surface area contributed by atoms with E-state index in [-0.39, 0.29) is 18.5 Å². The molecule has 9 heteroatoms. The number of anilines is 1. The van der Waals surface area contributed by atoms with Gasteiger partial charge in [0.15, 0.2) is 0 Å². The zero-order valence-corrected chi connectivity index (χ0v) is 22.8. The van der Waals surface area contributed by atoms with E-state index in [4.69, 9.17) is 13.9 Å². The summed E-state index contributed by atoms with van der Waals surface area (Å²) in [5.74, 6) is 1.91. The van der Waals surface area contributed by atoms with Crippen LogP contribution in [0.5, 0.6) is 5.75 Å². The van der Waals surface area contributed by atoms with E-state index in [0.717, 1.165) is 24.4 Å². The average Bonchev–Trinajstić information content (AvgIpc) is 3.37. The number of hydrogen-bond donors (Lipinski definition) is 1. The summed E-state index contributed by atoms with van der Waals surface area (Å²) in [6.07, 6.45) is 0. The highest BCUT2D eigenvalue weighted by Crippen LogP contribution is 2.24. The molecule has 1 aliphatic rings. The van der Waals surface area contributed by atoms with Gasteiger partial charge >= 0.3 is 6.03 Å². The molecule has 0 saturated carbocycles. The molecule has 3 aromatic rings. The quantitative estimate of drug-likeness (QED) is 0.371. The highest BCUT2D eigenvalue weighted by atomic mass is 16.5. The lowest BCUT2D eigenvalue weighted by molar-refractivity contribution is -0.133. The Morgan fingerprint density at radius 3 is 2.41 bits per heavy atom. The maximum Gasteiger partial charge on any atom is 0.322 e. The summed E-state index contributed by atoms with van der Waals surface area (Å²) in [6, 6.07) is 20.6. The second kappa shape index (κ2) is 14.4. The number of para-hydroxylation sites is 2. The van der Waals surface area contributed by atoms with Crippen LogP contribution >= 0.6 is 0 Å². The van der Waals surface area contributed by atoms with Gasteiger partial charge < -0.3 is 29.0 Å². The molecule has 0 unspecified atom stereocenters. The lowest BCUT2D eigenvalue weighted by Crippen LogP contribution is -2.48. The molecule has 1 N–H and O–H groups in total. The Labute approximate surface area is 230 Å². The van der Waals surface area contributed by atoms with E-state index >= 15 is 0 Å². The molecular weight excluding hydrogens is 496 g/mol. The fraction of sp³-hybridized carbons (Fsp3) is 0.400. The van der Waals surface area contributed by atoms with Gasteiger partial charge in [0, 0.05) is 32.7 Å². The molecule has 2 heterocycles. The second-order valence-corrected chi connectivity index (χ2v) is 9.48. The third kappa shape index (κ3) is 8.59. The molecule has 1 aliphatic heterocycles. The first-order chi connectivity index (χ1) is 19.0. The maximum absolute atomic E-state index is 13.8. The number of furan rings is 1. The summed E-state index contributed by atoms with van der Waals surface area (Å²) in [6.45, 7) is 8.88. The molecule has 0 bridgehead atoms. The number of urea groups is 1. The monoisotopic (exact) mass is 534 g/mol. The van der Waals surface area contributed by atoms with Crippen LogP contribution in [0.4, 0.5) is 10.5 Å². The topological polar surface area (TPSA) is 87.5 Å². The van der Waals surface area contributed by atoms with Crippen LogP contribution in [0.25, 0.3) is 0 Å². The summed E-state index contributed by atoms with van der Waals surface area (Å²) in [5, 5.41) is 2.96. The van der Waals surface area contributed by atoms with Gasteiger partial charge in [-0.2, -0.15) is 0 Å². The van der Waals surface area contributed by atoms with Gasteiger partial charge in [0.1, 0.15) is 23.8 Å². The highest BCUT2D eigenvalue weighted by molar-refractivity contribution is 5.93. The smallest absolute Gasteiger partial charge is 0.322 e. The second-order valence-electron chi connectivity index (χ2n) is 9.48. The third-order valence-corrected chi connectivity index (χ3v) is 6.54. The van der Waals surface area contributed by atoms with Crippen molar-refractivity contribution < 1.29 is 23.5 Å². The summed E-state index contributed by atoms with van der Waals surface area (Å²) in [4.78, 5) is 32.9. The number of nitrogens with one attached hydrogen (secondary N) is 1. The van der Waals surface area contributed by atoms with Crippen LogP contribution < -0.4 is 10.1 Å². The van der Waals surface area contributed by atoms with Gasteiger partial charge in [0.2, 0.25) is 5.91 Å². The number of carbonyl (C=O) groups is 2. The third-order valence-electron chi connectivity index (χ3n) is 6.54. The zero-order valence-electron chi connectivity index (χ0n) is 22.8. The van der Waals surface area contributed by atoms with Crippen molar-refractivity contribution in [2.45, 2.75) is 26.9 Å². The van der Waals surface area contributed by atoms with Crippen LogP contribution in [0.2, 0.25) is 0 Å². The van der Waals surface area contributed by atoms with Gasteiger partial charge in [-0.05, 0) is 43.7 Å². The summed E-state index contributed by atoms with van der Waals surface area (Å²) in [7, 11) is 0. The van der Waals surface area contributed by atoms with Crippen molar-refractivity contribution in [3.63, 3.8) is 0 Å². The van der Waals surface area contributed by atoms with Gasteiger partial charge in [-0.3, -0.25) is 9.69 Å². The van der Waals surface area contributed by atoms with E-state index in [1.54, 1.807) is 15.9 Å². The zero-order chi connectivity index (χ0) is 27.5. The van der Waals surface area contributed by atoms with Gasteiger partial charge in [-0.25, -0.2) is 4.79 Å². The van der Waals surface area contributed by atoms with Crippen molar-refractivity contribution in [3.05, 3.63) is 83.8 Å². The Morgan fingerprint density at radius 1 is 0.949 bits per heavy atom. The van der Waals surface area contributed by atoms with E-state index in [9.17, 15) is 9.59 Å². The number of aryl methyl sites for hydroxylation is 1. The first kappa shape index (κ1) is 28.2. The van der Waals surface area contributed by atoms with Gasteiger partial charge in [0.25, 0.3) is 0 Å². The molecule has 3 amide bonds. The van der Waals surface area contributed by atoms with E-state index < -0.39 is 0 Å². The van der Waals surface area contributed by atoms with E-state index in [1.165, 1.54) is 0 Å². The number of benzene rings is 2. The SMILES string of the molecule is CCOc1ccccc1NC(=O)N(CCN1CCOCC1)CC(=O)N(Cc1ccccc1)Cc1ccc(C)o1. The predicted molar refractivity (Wildman–Crippen MR) is 150 cm³/mol. The van der Waals surface area contributed by atoms with Gasteiger partial charge in [0.05, 0.1) is 32.1 Å². The lowest BCUT2D eigenvalue weighted by Gasteiger charge is -2.31. The molecule has 1 fully saturated rings. The maximum atomic E-state index is 13.8. The minimum Gasteiger partial charge on any atom is -0.492 e. The molecule has 1 saturated heterocycles. The molecule has 208 valence electrons. The number of carbonyl (C=O) groups excluding carboxylic acids is 2. The van der Waals surface area contributed by atoms with Crippen LogP contribution in [0.3, 0.4) is 0 Å². The molecule has 0 radical (unpaired) electrons. The Kier molecular flexibility index (Phi) is 10.4. The van der Waals surface area contributed by atoms with Crippen molar-refractivity contribution in [1.29, 1.82) is 0 Å². The van der Waals surface area contributed by atoms with E-state index in [2.05, 4.69) is 10.2 Å². The number of hydrogen-bond acceptors (Lipinski definition) is 6. The van der Waals surface area contributed by atoms with Crippen LogP contribution in [0.15, 0.2) is 71.1 Å². The van der Waals surface area contributed by atoms with Gasteiger partial charge in [-0.1, -0.05) is 42.5 Å². The number of nitrogens with zero attached hydrogens (tertiary/aromatic N) is 3. The summed E-state index contributed by atoms with van der Waals surface area (Å²) >= 11 is 0. The average molecular weight is 535 g/mol. The summed E-state index contributed by atoms with van der Waals surface area (Å²) < 4.78 is 16.9. The normalized spacial score (nSPS) is 13.6. The van der Waals surface area contributed by atoms with Crippen LogP contribution in [-0.4, -0.2) is 79.2 Å². The molecule has 39 heavy (non-hydrogen) atoms. The first-order valence-corrected chi connectivity index (χ1v) is 13.5. The Morgan fingerprint density at radius 2 is 1.69 bits per heavy atom. The fourth-order valence-electron chi connectivity index (χ4n) is 4.44. The first-order valence-electron chi connectivity index (χ1n) is 13.5. The fourth-order valence-corrected chi connectivity index (χ4v) is 4.44. The standard InChI is InChI=1S/C30H38N4O5/c1-3-38-28-12-8-7-11-27(28)31-30(36)33(16-15-32-17-19-37-20-18-32)23-29(35)34(21-25-9-5-4-6-10-25)22-26-14-13-24(2)39-26/h4-14H,3,15-23H2,1-2H3,(H,31,36). The number of ether oxygens (including phenoxy) is 2. The number of rotatable bonds is 12. The molecule has 1 aromatic heterocycles. The van der Waals surface area contributed by atoms with Gasteiger partial charge in [-0.15, -0.1) is 0 Å². The van der Waals surface area contributed by atoms with E-state index in [1.807, 2.05) is 74.5 Å². The number of morpholine rings is 1. The minimum absolute atomic E-state index is 0.0699. The van der Waals surface area contributed by atoms with Crippen molar-refractivity contribution >= 4 is 17.6 Å². The Balaban J connectivity index is 1.51. The molecule has 9 nitrogen and oxygen atoms in total. The summed E-state index contributed by atoms with van der Waals surface area (Å²) in [5.41, 5.74) is 1.57. The molecule has 4 rings (SSSR count). The van der Waals surface area contributed by atoms with Crippen molar-refractivity contribution in [1.82, 2.24) is 14.7 Å². The lowest BCUT2D eigenvalue weighted by atomic mass is 10.2. The molecule has 0 spiro atoms. The van der Waals surface area contributed by atoms with Crippen molar-refractivity contribution in [3.8, 4) is 5.75 Å². The molecule has 0 aliphatic carbocycles. The van der Waals surface area contributed by atoms with Crippen LogP contribution in [0, 0.1) is 6.92 Å². The Hall–Kier alpha value is -3.82. The number of amides is 3. The van der Waals surface area contributed by atoms with Crippen molar-refractivity contribution in [2.24, 2.45) is 0 Å². The highest BCUT2D eigenvalue weighted by Gasteiger charge is 2.24. The van der Waals surface area contributed by atoms with Crippen LogP contribution in [-0.2, 0) is 22.6 Å². The predicted octanol–water partition coefficient (Wildman–Crippen LogP) is 4.38. The Bertz CT molecular complexity index is 1190.